The van der Waals surface area contributed by atoms with Crippen molar-refractivity contribution in [1.29, 1.82) is 0 Å². The first kappa shape index (κ1) is 14.0. The molecule has 1 aromatic carbocycles. The molecule has 2 aromatic heterocycles. The summed E-state index contributed by atoms with van der Waals surface area (Å²) in [7, 11) is 1.75. The van der Waals surface area contributed by atoms with Crippen LogP contribution in [-0.2, 0) is 0 Å². The van der Waals surface area contributed by atoms with Crippen LogP contribution in [0.15, 0.2) is 53.4 Å². The molecular weight excluding hydrogens is 282 g/mol. The van der Waals surface area contributed by atoms with E-state index in [0.29, 0.717) is 5.56 Å². The van der Waals surface area contributed by atoms with Crippen molar-refractivity contribution in [3.63, 3.8) is 0 Å². The average Bonchev–Trinajstić information content (AvgIpc) is 3.25. The average molecular weight is 297 g/mol. The molecule has 22 heavy (non-hydrogen) atoms. The van der Waals surface area contributed by atoms with Gasteiger partial charge in [-0.2, -0.15) is 0 Å². The van der Waals surface area contributed by atoms with Crippen LogP contribution in [0.5, 0.6) is 0 Å². The van der Waals surface area contributed by atoms with Gasteiger partial charge >= 0.3 is 0 Å². The van der Waals surface area contributed by atoms with E-state index in [1.54, 1.807) is 36.4 Å². The molecule has 0 aliphatic heterocycles. The molecule has 112 valence electrons. The molecule has 3 aromatic rings. The molecule has 0 aliphatic carbocycles. The summed E-state index contributed by atoms with van der Waals surface area (Å²) in [6.07, 6.45) is 3.08. The van der Waals surface area contributed by atoms with Crippen LogP contribution < -0.4 is 0 Å². The third-order valence-corrected chi connectivity index (χ3v) is 3.56. The van der Waals surface area contributed by atoms with Gasteiger partial charge in [0.15, 0.2) is 0 Å². The molecule has 1 atom stereocenters. The summed E-state index contributed by atoms with van der Waals surface area (Å²) in [5.74, 6) is 0.645. The summed E-state index contributed by atoms with van der Waals surface area (Å²) in [6.45, 7) is 1.92. The molecular formula is C15H15N5O2. The Balaban J connectivity index is 1.84. The Morgan fingerprint density at radius 1 is 1.32 bits per heavy atom. The zero-order valence-corrected chi connectivity index (χ0v) is 12.2. The van der Waals surface area contributed by atoms with Gasteiger partial charge in [-0.25, -0.2) is 4.68 Å². The number of rotatable bonds is 4. The molecule has 0 saturated heterocycles. The second-order valence-electron chi connectivity index (χ2n) is 4.91. The third-order valence-electron chi connectivity index (χ3n) is 3.56. The van der Waals surface area contributed by atoms with E-state index in [4.69, 9.17) is 4.42 Å². The molecule has 0 N–H and O–H groups in total. The largest absolute Gasteiger partial charge is 0.467 e. The minimum Gasteiger partial charge on any atom is -0.467 e. The van der Waals surface area contributed by atoms with Crippen LogP contribution in [-0.4, -0.2) is 38.1 Å². The quantitative estimate of drug-likeness (QED) is 0.737. The first-order chi connectivity index (χ1) is 10.7. The normalized spacial score (nSPS) is 12.1. The second-order valence-corrected chi connectivity index (χ2v) is 4.91. The first-order valence-electron chi connectivity index (χ1n) is 6.81. The van der Waals surface area contributed by atoms with E-state index >= 15 is 0 Å². The highest BCUT2D eigenvalue weighted by atomic mass is 16.3. The van der Waals surface area contributed by atoms with Crippen LogP contribution in [0.1, 0.15) is 29.1 Å². The molecule has 1 unspecified atom stereocenters. The van der Waals surface area contributed by atoms with Gasteiger partial charge in [-0.1, -0.05) is 6.07 Å². The number of tetrazole rings is 1. The van der Waals surface area contributed by atoms with Gasteiger partial charge in [0, 0.05) is 12.6 Å². The van der Waals surface area contributed by atoms with Gasteiger partial charge in [0.1, 0.15) is 12.1 Å². The van der Waals surface area contributed by atoms with Crippen molar-refractivity contribution in [2.75, 3.05) is 7.05 Å². The van der Waals surface area contributed by atoms with E-state index in [2.05, 4.69) is 15.5 Å². The Morgan fingerprint density at radius 2 is 2.18 bits per heavy atom. The topological polar surface area (TPSA) is 77.0 Å². The summed E-state index contributed by atoms with van der Waals surface area (Å²) in [5, 5.41) is 11.0. The van der Waals surface area contributed by atoms with Crippen molar-refractivity contribution >= 4 is 5.91 Å². The van der Waals surface area contributed by atoms with E-state index in [9.17, 15) is 4.79 Å². The van der Waals surface area contributed by atoms with Crippen LogP contribution >= 0.6 is 0 Å². The van der Waals surface area contributed by atoms with Gasteiger partial charge in [0.05, 0.1) is 18.0 Å². The number of benzene rings is 1. The van der Waals surface area contributed by atoms with Gasteiger partial charge in [0.25, 0.3) is 5.91 Å². The molecule has 0 bridgehead atoms. The maximum atomic E-state index is 12.6. The fourth-order valence-electron chi connectivity index (χ4n) is 2.16. The fraction of sp³-hybridized carbons (Fsp3) is 0.200. The number of nitrogens with zero attached hydrogens (tertiary/aromatic N) is 5. The van der Waals surface area contributed by atoms with Gasteiger partial charge in [-0.3, -0.25) is 4.79 Å². The Hall–Kier alpha value is -2.96. The highest BCUT2D eigenvalue weighted by Crippen LogP contribution is 2.21. The predicted octanol–water partition coefficient (Wildman–Crippen LogP) is 2.09. The summed E-state index contributed by atoms with van der Waals surface area (Å²) in [5.41, 5.74) is 1.30. The smallest absolute Gasteiger partial charge is 0.254 e. The standard InChI is InChI=1S/C15H15N5O2/c1-11(14-7-4-8-22-14)19(2)15(21)12-5-3-6-13(9-12)20-10-16-17-18-20/h3-11H,1-2H3. The van der Waals surface area contributed by atoms with E-state index in [-0.39, 0.29) is 11.9 Å². The molecule has 0 spiro atoms. The number of carbonyl (C=O) groups is 1. The number of furan rings is 1. The predicted molar refractivity (Wildman–Crippen MR) is 78.4 cm³/mol. The SMILES string of the molecule is CC(c1ccco1)N(C)C(=O)c1cccc(-n2cnnn2)c1. The highest BCUT2D eigenvalue weighted by Gasteiger charge is 2.21. The van der Waals surface area contributed by atoms with Gasteiger partial charge in [0.2, 0.25) is 0 Å². The Bertz CT molecular complexity index is 752. The van der Waals surface area contributed by atoms with Crippen LogP contribution in [0.4, 0.5) is 0 Å². The molecule has 0 saturated carbocycles. The molecule has 7 heteroatoms. The van der Waals surface area contributed by atoms with Crippen molar-refractivity contribution in [2.45, 2.75) is 13.0 Å². The molecule has 0 fully saturated rings. The lowest BCUT2D eigenvalue weighted by molar-refractivity contribution is 0.0726. The number of amides is 1. The monoisotopic (exact) mass is 297 g/mol. The van der Waals surface area contributed by atoms with Crippen molar-refractivity contribution in [3.05, 3.63) is 60.3 Å². The minimum absolute atomic E-state index is 0.0983. The zero-order valence-electron chi connectivity index (χ0n) is 12.2. The van der Waals surface area contributed by atoms with Crippen LogP contribution in [0.3, 0.4) is 0 Å². The lowest BCUT2D eigenvalue weighted by Crippen LogP contribution is -2.29. The first-order valence-corrected chi connectivity index (χ1v) is 6.81. The lowest BCUT2D eigenvalue weighted by Gasteiger charge is -2.23. The van der Waals surface area contributed by atoms with E-state index in [1.807, 2.05) is 25.1 Å². The Kier molecular flexibility index (Phi) is 3.69. The molecule has 0 aliphatic rings. The Labute approximate surface area is 127 Å². The third kappa shape index (κ3) is 2.60. The highest BCUT2D eigenvalue weighted by molar-refractivity contribution is 5.94. The van der Waals surface area contributed by atoms with E-state index < -0.39 is 0 Å². The van der Waals surface area contributed by atoms with E-state index in [1.165, 1.54) is 11.0 Å². The number of hydrogen-bond donors (Lipinski definition) is 0. The summed E-state index contributed by atoms with van der Waals surface area (Å²) >= 11 is 0. The van der Waals surface area contributed by atoms with Gasteiger partial charge in [-0.15, -0.1) is 5.10 Å². The van der Waals surface area contributed by atoms with Crippen molar-refractivity contribution in [1.82, 2.24) is 25.1 Å². The number of carbonyl (C=O) groups excluding carboxylic acids is 1. The maximum absolute atomic E-state index is 12.6. The van der Waals surface area contributed by atoms with Crippen molar-refractivity contribution in [2.24, 2.45) is 0 Å². The number of aromatic nitrogens is 4. The maximum Gasteiger partial charge on any atom is 0.254 e. The summed E-state index contributed by atoms with van der Waals surface area (Å²) in [6, 6.07) is 10.7. The van der Waals surface area contributed by atoms with Crippen LogP contribution in [0.25, 0.3) is 5.69 Å². The fourth-order valence-corrected chi connectivity index (χ4v) is 2.16. The molecule has 1 amide bonds. The molecule has 2 heterocycles. The second kappa shape index (κ2) is 5.80. The molecule has 3 rings (SSSR count). The summed E-state index contributed by atoms with van der Waals surface area (Å²) < 4.78 is 6.87. The van der Waals surface area contributed by atoms with Gasteiger partial charge < -0.3 is 9.32 Å². The minimum atomic E-state index is -0.154. The summed E-state index contributed by atoms with van der Waals surface area (Å²) in [4.78, 5) is 14.3. The number of hydrogen-bond acceptors (Lipinski definition) is 5. The molecule has 0 radical (unpaired) electrons. The van der Waals surface area contributed by atoms with Crippen LogP contribution in [0.2, 0.25) is 0 Å². The Morgan fingerprint density at radius 3 is 2.86 bits per heavy atom. The van der Waals surface area contributed by atoms with E-state index in [0.717, 1.165) is 11.4 Å². The molecule has 7 nitrogen and oxygen atoms in total. The van der Waals surface area contributed by atoms with Crippen molar-refractivity contribution < 1.29 is 9.21 Å². The zero-order chi connectivity index (χ0) is 15.5. The van der Waals surface area contributed by atoms with Crippen LogP contribution in [0, 0.1) is 0 Å². The van der Waals surface area contributed by atoms with Gasteiger partial charge in [-0.05, 0) is 47.7 Å². The van der Waals surface area contributed by atoms with Crippen molar-refractivity contribution in [3.8, 4) is 5.69 Å². The lowest BCUT2D eigenvalue weighted by atomic mass is 10.1.